The highest BCUT2D eigenvalue weighted by Gasteiger charge is 2.26. The number of amides is 1. The standard InChI is InChI=1S/C17H14ClN3O/c1-10-15(9-19)14(17(22)21-13-6-7-13)8-16(20-10)11-2-4-12(18)5-3-11/h2-5,8,13H,6-7H2,1H3,(H,21,22). The van der Waals surface area contributed by atoms with E-state index in [1.54, 1.807) is 25.1 Å². The van der Waals surface area contributed by atoms with Crippen molar-refractivity contribution in [2.24, 2.45) is 0 Å². The number of pyridine rings is 1. The summed E-state index contributed by atoms with van der Waals surface area (Å²) in [5, 5.41) is 12.9. The van der Waals surface area contributed by atoms with Gasteiger partial charge in [0.2, 0.25) is 0 Å². The van der Waals surface area contributed by atoms with Crippen LogP contribution in [0.5, 0.6) is 0 Å². The van der Waals surface area contributed by atoms with E-state index in [1.165, 1.54) is 0 Å². The molecule has 3 rings (SSSR count). The first-order chi connectivity index (χ1) is 10.6. The van der Waals surface area contributed by atoms with Gasteiger partial charge >= 0.3 is 0 Å². The number of aromatic nitrogens is 1. The fourth-order valence-electron chi connectivity index (χ4n) is 2.25. The summed E-state index contributed by atoms with van der Waals surface area (Å²) in [5.74, 6) is -0.209. The second kappa shape index (κ2) is 5.78. The number of hydrogen-bond acceptors (Lipinski definition) is 3. The minimum absolute atomic E-state index is 0.209. The molecule has 1 aliphatic rings. The predicted octanol–water partition coefficient (Wildman–Crippen LogP) is 3.47. The molecule has 0 unspecified atom stereocenters. The Balaban J connectivity index is 2.05. The first kappa shape index (κ1) is 14.6. The van der Waals surface area contributed by atoms with E-state index in [2.05, 4.69) is 16.4 Å². The predicted molar refractivity (Wildman–Crippen MR) is 84.6 cm³/mol. The van der Waals surface area contributed by atoms with Crippen molar-refractivity contribution < 1.29 is 4.79 Å². The lowest BCUT2D eigenvalue weighted by molar-refractivity contribution is 0.0950. The summed E-state index contributed by atoms with van der Waals surface area (Å²) in [6.45, 7) is 1.74. The van der Waals surface area contributed by atoms with Crippen LogP contribution in [0.3, 0.4) is 0 Å². The molecule has 1 aromatic carbocycles. The third-order valence-electron chi connectivity index (χ3n) is 3.61. The van der Waals surface area contributed by atoms with Crippen LogP contribution in [0.4, 0.5) is 0 Å². The summed E-state index contributed by atoms with van der Waals surface area (Å²) in [7, 11) is 0. The van der Waals surface area contributed by atoms with Gasteiger partial charge in [-0.2, -0.15) is 5.26 Å². The molecular weight excluding hydrogens is 298 g/mol. The molecular formula is C17H14ClN3O. The van der Waals surface area contributed by atoms with Gasteiger partial charge in [-0.15, -0.1) is 0 Å². The normalized spacial score (nSPS) is 13.5. The highest BCUT2D eigenvalue weighted by Crippen LogP contribution is 2.25. The molecule has 0 bridgehead atoms. The van der Waals surface area contributed by atoms with Crippen molar-refractivity contribution in [1.82, 2.24) is 10.3 Å². The lowest BCUT2D eigenvalue weighted by Crippen LogP contribution is -2.26. The van der Waals surface area contributed by atoms with Crippen molar-refractivity contribution in [3.05, 3.63) is 52.2 Å². The van der Waals surface area contributed by atoms with Gasteiger partial charge in [0.15, 0.2) is 0 Å². The Bertz CT molecular complexity index is 774. The largest absolute Gasteiger partial charge is 0.349 e. The van der Waals surface area contributed by atoms with Crippen molar-refractivity contribution in [3.63, 3.8) is 0 Å². The van der Waals surface area contributed by atoms with Crippen LogP contribution in [0.15, 0.2) is 30.3 Å². The Labute approximate surface area is 133 Å². The lowest BCUT2D eigenvalue weighted by Gasteiger charge is -2.10. The zero-order valence-corrected chi connectivity index (χ0v) is 12.8. The SMILES string of the molecule is Cc1nc(-c2ccc(Cl)cc2)cc(C(=O)NC2CC2)c1C#N. The summed E-state index contributed by atoms with van der Waals surface area (Å²) in [6, 6.07) is 11.2. The van der Waals surface area contributed by atoms with Crippen LogP contribution in [-0.4, -0.2) is 16.9 Å². The number of nitriles is 1. The van der Waals surface area contributed by atoms with Crippen molar-refractivity contribution in [2.75, 3.05) is 0 Å². The maximum absolute atomic E-state index is 12.4. The minimum atomic E-state index is -0.209. The second-order valence-electron chi connectivity index (χ2n) is 5.38. The van der Waals surface area contributed by atoms with Gasteiger partial charge in [0.05, 0.1) is 22.5 Å². The van der Waals surface area contributed by atoms with Crippen molar-refractivity contribution in [1.29, 1.82) is 5.26 Å². The fourth-order valence-corrected chi connectivity index (χ4v) is 2.38. The van der Waals surface area contributed by atoms with Crippen LogP contribution in [0.1, 0.15) is 34.5 Å². The van der Waals surface area contributed by atoms with Gasteiger partial charge in [0.1, 0.15) is 6.07 Å². The Hall–Kier alpha value is -2.38. The topological polar surface area (TPSA) is 65.8 Å². The number of carbonyl (C=O) groups is 1. The van der Waals surface area contributed by atoms with Crippen LogP contribution in [0.25, 0.3) is 11.3 Å². The number of nitrogens with one attached hydrogen (secondary N) is 1. The summed E-state index contributed by atoms with van der Waals surface area (Å²) < 4.78 is 0. The van der Waals surface area contributed by atoms with Crippen LogP contribution >= 0.6 is 11.6 Å². The number of aryl methyl sites for hydroxylation is 1. The van der Waals surface area contributed by atoms with Crippen LogP contribution in [0, 0.1) is 18.3 Å². The molecule has 4 nitrogen and oxygen atoms in total. The summed E-state index contributed by atoms with van der Waals surface area (Å²) >= 11 is 5.90. The molecule has 1 fully saturated rings. The zero-order chi connectivity index (χ0) is 15.7. The zero-order valence-electron chi connectivity index (χ0n) is 12.1. The number of hydrogen-bond donors (Lipinski definition) is 1. The average molecular weight is 312 g/mol. The Morgan fingerprint density at radius 2 is 2.05 bits per heavy atom. The van der Waals surface area contributed by atoms with Gasteiger partial charge in [0.25, 0.3) is 5.91 Å². The Morgan fingerprint density at radius 3 is 2.64 bits per heavy atom. The number of nitrogens with zero attached hydrogens (tertiary/aromatic N) is 2. The van der Waals surface area contributed by atoms with Gasteiger partial charge in [-0.25, -0.2) is 0 Å². The molecule has 1 heterocycles. The number of rotatable bonds is 3. The van der Waals surface area contributed by atoms with E-state index in [-0.39, 0.29) is 11.9 Å². The molecule has 0 spiro atoms. The van der Waals surface area contributed by atoms with E-state index < -0.39 is 0 Å². The third-order valence-corrected chi connectivity index (χ3v) is 3.86. The summed E-state index contributed by atoms with van der Waals surface area (Å²) in [4.78, 5) is 16.8. The van der Waals surface area contributed by atoms with Gasteiger partial charge < -0.3 is 5.32 Å². The monoisotopic (exact) mass is 311 g/mol. The van der Waals surface area contributed by atoms with Crippen molar-refractivity contribution in [3.8, 4) is 17.3 Å². The highest BCUT2D eigenvalue weighted by molar-refractivity contribution is 6.30. The van der Waals surface area contributed by atoms with Gasteiger partial charge in [-0.1, -0.05) is 23.7 Å². The van der Waals surface area contributed by atoms with Crippen LogP contribution < -0.4 is 5.32 Å². The molecule has 0 aliphatic heterocycles. The molecule has 1 N–H and O–H groups in total. The Kier molecular flexibility index (Phi) is 3.82. The fraction of sp³-hybridized carbons (Fsp3) is 0.235. The van der Waals surface area contributed by atoms with E-state index in [4.69, 9.17) is 11.6 Å². The van der Waals surface area contributed by atoms with Crippen LogP contribution in [0.2, 0.25) is 5.02 Å². The molecule has 1 aromatic heterocycles. The second-order valence-corrected chi connectivity index (χ2v) is 5.82. The van der Waals surface area contributed by atoms with Gasteiger partial charge in [-0.3, -0.25) is 9.78 Å². The molecule has 110 valence electrons. The molecule has 5 heteroatoms. The molecule has 1 aliphatic carbocycles. The van der Waals surface area contributed by atoms with E-state index in [9.17, 15) is 10.1 Å². The quantitative estimate of drug-likeness (QED) is 0.943. The van der Waals surface area contributed by atoms with Crippen LogP contribution in [-0.2, 0) is 0 Å². The summed E-state index contributed by atoms with van der Waals surface area (Å²) in [5.41, 5.74) is 2.78. The highest BCUT2D eigenvalue weighted by atomic mass is 35.5. The third kappa shape index (κ3) is 2.95. The number of benzene rings is 1. The molecule has 0 atom stereocenters. The molecule has 0 radical (unpaired) electrons. The number of halogens is 1. The molecule has 0 saturated heterocycles. The molecule has 2 aromatic rings. The van der Waals surface area contributed by atoms with Crippen molar-refractivity contribution >= 4 is 17.5 Å². The summed E-state index contributed by atoms with van der Waals surface area (Å²) in [6.07, 6.45) is 2.00. The first-order valence-corrected chi connectivity index (χ1v) is 7.45. The first-order valence-electron chi connectivity index (χ1n) is 7.07. The minimum Gasteiger partial charge on any atom is -0.349 e. The van der Waals surface area contributed by atoms with E-state index in [1.807, 2.05) is 12.1 Å². The lowest BCUT2D eigenvalue weighted by atomic mass is 10.0. The molecule has 1 amide bonds. The van der Waals surface area contributed by atoms with E-state index >= 15 is 0 Å². The maximum atomic E-state index is 12.4. The van der Waals surface area contributed by atoms with E-state index in [0.717, 1.165) is 18.4 Å². The average Bonchev–Trinajstić information content (AvgIpc) is 3.31. The Morgan fingerprint density at radius 1 is 1.36 bits per heavy atom. The van der Waals surface area contributed by atoms with Crippen molar-refractivity contribution in [2.45, 2.75) is 25.8 Å². The smallest absolute Gasteiger partial charge is 0.252 e. The van der Waals surface area contributed by atoms with Gasteiger partial charge in [-0.05, 0) is 38.0 Å². The number of carbonyl (C=O) groups excluding carboxylic acids is 1. The van der Waals surface area contributed by atoms with Gasteiger partial charge in [0, 0.05) is 16.6 Å². The molecule has 22 heavy (non-hydrogen) atoms. The molecule has 1 saturated carbocycles. The maximum Gasteiger partial charge on any atom is 0.252 e. The van der Waals surface area contributed by atoms with E-state index in [0.29, 0.717) is 27.5 Å².